The zero-order valence-corrected chi connectivity index (χ0v) is 9.89. The highest BCUT2D eigenvalue weighted by atomic mass is 16.7. The summed E-state index contributed by atoms with van der Waals surface area (Å²) < 4.78 is 0. The van der Waals surface area contributed by atoms with E-state index in [0.29, 0.717) is 0 Å². The number of para-hydroxylation sites is 1. The average Bonchev–Trinajstić information content (AvgIpc) is 2.40. The predicted octanol–water partition coefficient (Wildman–Crippen LogP) is 2.47. The van der Waals surface area contributed by atoms with E-state index in [9.17, 15) is 0 Å². The zero-order valence-electron chi connectivity index (χ0n) is 9.89. The Morgan fingerprint density at radius 1 is 1.24 bits per heavy atom. The van der Waals surface area contributed by atoms with Crippen LogP contribution < -0.4 is 5.06 Å². The maximum atomic E-state index is 5.66. The minimum Gasteiger partial charge on any atom is -0.272 e. The first kappa shape index (κ1) is 10.5. The van der Waals surface area contributed by atoms with Gasteiger partial charge in [0.2, 0.25) is 0 Å². The molecule has 0 N–H and O–H groups in total. The van der Waals surface area contributed by atoms with Crippen LogP contribution in [0.1, 0.15) is 18.4 Å². The van der Waals surface area contributed by atoms with Crippen LogP contribution in [0.5, 0.6) is 0 Å². The molecule has 3 rings (SSSR count). The fourth-order valence-corrected chi connectivity index (χ4v) is 2.18. The van der Waals surface area contributed by atoms with E-state index in [2.05, 4.69) is 29.0 Å². The summed E-state index contributed by atoms with van der Waals surface area (Å²) in [7, 11) is 0. The first-order chi connectivity index (χ1) is 8.36. The summed E-state index contributed by atoms with van der Waals surface area (Å²) in [5.41, 5.74) is 2.18. The summed E-state index contributed by atoms with van der Waals surface area (Å²) in [6.45, 7) is 3.74. The van der Waals surface area contributed by atoms with Gasteiger partial charge in [0, 0.05) is 11.9 Å². The van der Waals surface area contributed by atoms with Gasteiger partial charge in [-0.15, -0.1) is 0 Å². The Balaban J connectivity index is 2.12. The summed E-state index contributed by atoms with van der Waals surface area (Å²) in [5, 5.41) is 2.96. The predicted molar refractivity (Wildman–Crippen MR) is 66.8 cm³/mol. The number of rotatable bonds is 1. The Labute approximate surface area is 100 Å². The molecule has 1 aromatic carbocycles. The van der Waals surface area contributed by atoms with E-state index in [4.69, 9.17) is 4.84 Å². The number of benzene rings is 1. The van der Waals surface area contributed by atoms with Crippen LogP contribution in [0.15, 0.2) is 24.5 Å². The summed E-state index contributed by atoms with van der Waals surface area (Å²) >= 11 is 0. The second kappa shape index (κ2) is 4.30. The number of hydrogen-bond acceptors (Lipinski definition) is 4. The molecule has 0 spiro atoms. The van der Waals surface area contributed by atoms with Crippen LogP contribution in [0, 0.1) is 6.92 Å². The van der Waals surface area contributed by atoms with Gasteiger partial charge in [0.05, 0.1) is 12.1 Å². The van der Waals surface area contributed by atoms with Crippen LogP contribution in [0.25, 0.3) is 10.9 Å². The lowest BCUT2D eigenvalue weighted by Crippen LogP contribution is -2.30. The molecule has 17 heavy (non-hydrogen) atoms. The van der Waals surface area contributed by atoms with Gasteiger partial charge in [-0.05, 0) is 31.4 Å². The Hall–Kier alpha value is -1.68. The van der Waals surface area contributed by atoms with Gasteiger partial charge >= 0.3 is 0 Å². The van der Waals surface area contributed by atoms with Crippen LogP contribution in [0.2, 0.25) is 0 Å². The molecule has 0 unspecified atom stereocenters. The number of hydrogen-bond donors (Lipinski definition) is 0. The number of anilines is 1. The summed E-state index contributed by atoms with van der Waals surface area (Å²) in [6.07, 6.45) is 3.89. The smallest absolute Gasteiger partial charge is 0.163 e. The number of nitrogens with zero attached hydrogens (tertiary/aromatic N) is 3. The molecule has 0 radical (unpaired) electrons. The second-order valence-electron chi connectivity index (χ2n) is 4.31. The van der Waals surface area contributed by atoms with Gasteiger partial charge in [0.25, 0.3) is 0 Å². The minimum absolute atomic E-state index is 0.775. The largest absolute Gasteiger partial charge is 0.272 e. The fraction of sp³-hybridized carbons (Fsp3) is 0.385. The minimum atomic E-state index is 0.775. The topological polar surface area (TPSA) is 38.2 Å². The Morgan fingerprint density at radius 3 is 3.00 bits per heavy atom. The van der Waals surface area contributed by atoms with Crippen molar-refractivity contribution >= 4 is 16.7 Å². The maximum absolute atomic E-state index is 5.66. The molecular formula is C13H15N3O. The van der Waals surface area contributed by atoms with Gasteiger partial charge in [0.15, 0.2) is 5.82 Å². The Morgan fingerprint density at radius 2 is 2.18 bits per heavy atom. The van der Waals surface area contributed by atoms with Crippen molar-refractivity contribution in [2.45, 2.75) is 19.8 Å². The molecule has 0 saturated carbocycles. The standard InChI is InChI=1S/C13H15N3O/c1-10-5-4-6-11-12(10)14-9-15-13(11)16-7-2-3-8-17-16/h4-6,9H,2-3,7-8H2,1H3. The van der Waals surface area contributed by atoms with Crippen molar-refractivity contribution in [1.29, 1.82) is 0 Å². The van der Waals surface area contributed by atoms with Crippen LogP contribution in [0.4, 0.5) is 5.82 Å². The second-order valence-corrected chi connectivity index (χ2v) is 4.31. The van der Waals surface area contributed by atoms with Gasteiger partial charge < -0.3 is 0 Å². The normalized spacial score (nSPS) is 16.4. The first-order valence-electron chi connectivity index (χ1n) is 5.97. The van der Waals surface area contributed by atoms with Crippen molar-refractivity contribution in [3.8, 4) is 0 Å². The van der Waals surface area contributed by atoms with E-state index >= 15 is 0 Å². The molecule has 1 fully saturated rings. The Kier molecular flexibility index (Phi) is 2.65. The molecule has 4 nitrogen and oxygen atoms in total. The van der Waals surface area contributed by atoms with Crippen molar-refractivity contribution in [2.75, 3.05) is 18.2 Å². The van der Waals surface area contributed by atoms with Gasteiger partial charge in [-0.1, -0.05) is 12.1 Å². The van der Waals surface area contributed by atoms with Crippen LogP contribution in [-0.4, -0.2) is 23.1 Å². The van der Waals surface area contributed by atoms with Gasteiger partial charge in [-0.2, -0.15) is 0 Å². The molecule has 1 saturated heterocycles. The zero-order chi connectivity index (χ0) is 11.7. The number of aromatic nitrogens is 2. The van der Waals surface area contributed by atoms with Gasteiger partial charge in [-0.3, -0.25) is 4.84 Å². The van der Waals surface area contributed by atoms with Gasteiger partial charge in [-0.25, -0.2) is 15.0 Å². The lowest BCUT2D eigenvalue weighted by Gasteiger charge is -2.27. The quantitative estimate of drug-likeness (QED) is 0.753. The maximum Gasteiger partial charge on any atom is 0.163 e. The van der Waals surface area contributed by atoms with E-state index in [1.54, 1.807) is 6.33 Å². The SMILES string of the molecule is Cc1cccc2c(N3CCCCO3)ncnc12. The first-order valence-corrected chi connectivity index (χ1v) is 5.97. The third kappa shape index (κ3) is 1.85. The molecule has 1 aliphatic rings. The molecule has 2 heterocycles. The van der Waals surface area contributed by atoms with Crippen LogP contribution in [-0.2, 0) is 4.84 Å². The molecule has 1 aliphatic heterocycles. The monoisotopic (exact) mass is 229 g/mol. The van der Waals surface area contributed by atoms with Crippen molar-refractivity contribution in [2.24, 2.45) is 0 Å². The molecule has 1 aromatic heterocycles. The highest BCUT2D eigenvalue weighted by Gasteiger charge is 2.16. The van der Waals surface area contributed by atoms with Crippen LogP contribution in [0.3, 0.4) is 0 Å². The van der Waals surface area contributed by atoms with E-state index in [1.165, 1.54) is 5.56 Å². The van der Waals surface area contributed by atoms with Crippen molar-refractivity contribution in [3.63, 3.8) is 0 Å². The molecule has 0 amide bonds. The Bertz CT molecular complexity index is 535. The lowest BCUT2D eigenvalue weighted by atomic mass is 10.1. The fourth-order valence-electron chi connectivity index (χ4n) is 2.18. The molecule has 0 bridgehead atoms. The molecular weight excluding hydrogens is 214 g/mol. The number of aryl methyl sites for hydroxylation is 1. The van der Waals surface area contributed by atoms with Crippen LogP contribution >= 0.6 is 0 Å². The lowest BCUT2D eigenvalue weighted by molar-refractivity contribution is 0.0767. The number of fused-ring (bicyclic) bond motifs is 1. The average molecular weight is 229 g/mol. The van der Waals surface area contributed by atoms with E-state index in [1.807, 2.05) is 11.1 Å². The molecule has 2 aromatic rings. The third-order valence-corrected chi connectivity index (χ3v) is 3.08. The molecule has 4 heteroatoms. The van der Waals surface area contributed by atoms with Crippen molar-refractivity contribution < 1.29 is 4.84 Å². The molecule has 0 atom stereocenters. The summed E-state index contributed by atoms with van der Waals surface area (Å²) in [5.74, 6) is 0.887. The molecule has 0 aliphatic carbocycles. The van der Waals surface area contributed by atoms with Crippen molar-refractivity contribution in [1.82, 2.24) is 9.97 Å². The number of hydroxylamine groups is 1. The summed E-state index contributed by atoms with van der Waals surface area (Å²) in [6, 6.07) is 6.15. The highest BCUT2D eigenvalue weighted by Crippen LogP contribution is 2.26. The van der Waals surface area contributed by atoms with E-state index in [0.717, 1.165) is 42.7 Å². The van der Waals surface area contributed by atoms with Gasteiger partial charge in [0.1, 0.15) is 6.33 Å². The summed E-state index contributed by atoms with van der Waals surface area (Å²) in [4.78, 5) is 14.4. The van der Waals surface area contributed by atoms with Crippen molar-refractivity contribution in [3.05, 3.63) is 30.1 Å². The highest BCUT2D eigenvalue weighted by molar-refractivity contribution is 5.90. The van der Waals surface area contributed by atoms with E-state index < -0.39 is 0 Å². The third-order valence-electron chi connectivity index (χ3n) is 3.08. The molecule has 88 valence electrons. The van der Waals surface area contributed by atoms with E-state index in [-0.39, 0.29) is 0 Å².